The van der Waals surface area contributed by atoms with E-state index in [0.29, 0.717) is 38.4 Å². The van der Waals surface area contributed by atoms with Gasteiger partial charge in [0.15, 0.2) is 5.96 Å². The molecule has 1 saturated carbocycles. The van der Waals surface area contributed by atoms with E-state index in [0.717, 1.165) is 11.5 Å². The van der Waals surface area contributed by atoms with Crippen molar-refractivity contribution >= 4 is 27.7 Å². The third-order valence-electron chi connectivity index (χ3n) is 4.86. The summed E-state index contributed by atoms with van der Waals surface area (Å²) in [5, 5.41) is 6.20. The molecule has 158 valence electrons. The van der Waals surface area contributed by atoms with Crippen molar-refractivity contribution in [3.63, 3.8) is 0 Å². The topological polar surface area (TPSA) is 73.8 Å². The molecule has 0 bridgehead atoms. The van der Waals surface area contributed by atoms with E-state index in [1.807, 2.05) is 6.92 Å². The standard InChI is InChI=1S/C16H29F3N4O2S2/c1-2-20-15(22-14-5-3-13(4-6-14)16(17,18)19)21-7-12-27(24,25)23-8-10-26-11-9-23/h13-14H,2-12H2,1H3,(H2,20,21,22). The van der Waals surface area contributed by atoms with Crippen molar-refractivity contribution in [3.8, 4) is 0 Å². The number of sulfonamides is 1. The molecule has 0 aromatic heterocycles. The zero-order valence-corrected chi connectivity index (χ0v) is 17.2. The largest absolute Gasteiger partial charge is 0.391 e. The second kappa shape index (κ2) is 10.2. The lowest BCUT2D eigenvalue weighted by molar-refractivity contribution is -0.182. The number of alkyl halides is 3. The van der Waals surface area contributed by atoms with Crippen molar-refractivity contribution in [2.45, 2.75) is 44.8 Å². The van der Waals surface area contributed by atoms with E-state index in [4.69, 9.17) is 0 Å². The Morgan fingerprint density at radius 3 is 2.37 bits per heavy atom. The van der Waals surface area contributed by atoms with E-state index in [1.54, 1.807) is 11.8 Å². The first-order chi connectivity index (χ1) is 12.7. The molecule has 1 heterocycles. The minimum atomic E-state index is -4.12. The summed E-state index contributed by atoms with van der Waals surface area (Å²) in [4.78, 5) is 4.32. The number of halogens is 3. The molecule has 0 atom stereocenters. The summed E-state index contributed by atoms with van der Waals surface area (Å²) in [5.74, 6) is 0.815. The monoisotopic (exact) mass is 430 g/mol. The molecule has 1 aliphatic carbocycles. The first-order valence-electron chi connectivity index (χ1n) is 9.39. The third-order valence-corrected chi connectivity index (χ3v) is 7.65. The van der Waals surface area contributed by atoms with Crippen molar-refractivity contribution in [2.75, 3.05) is 43.4 Å². The first-order valence-corrected chi connectivity index (χ1v) is 12.2. The molecule has 0 radical (unpaired) electrons. The molecule has 0 spiro atoms. The highest BCUT2D eigenvalue weighted by Gasteiger charge is 2.41. The Morgan fingerprint density at radius 1 is 1.19 bits per heavy atom. The summed E-state index contributed by atoms with van der Waals surface area (Å²) in [6, 6.07) is -0.0721. The van der Waals surface area contributed by atoms with Crippen LogP contribution < -0.4 is 10.6 Å². The molecule has 2 fully saturated rings. The maximum absolute atomic E-state index is 12.8. The molecular formula is C16H29F3N4O2S2. The van der Waals surface area contributed by atoms with E-state index in [1.165, 1.54) is 4.31 Å². The van der Waals surface area contributed by atoms with Crippen LogP contribution in [0.5, 0.6) is 0 Å². The number of nitrogens with one attached hydrogen (secondary N) is 2. The molecule has 2 N–H and O–H groups in total. The van der Waals surface area contributed by atoms with Gasteiger partial charge in [0.25, 0.3) is 0 Å². The van der Waals surface area contributed by atoms with Crippen LogP contribution in [0.3, 0.4) is 0 Å². The number of hydrogen-bond donors (Lipinski definition) is 2. The van der Waals surface area contributed by atoms with E-state index in [9.17, 15) is 21.6 Å². The molecule has 0 unspecified atom stereocenters. The van der Waals surface area contributed by atoms with Crippen LogP contribution in [0.1, 0.15) is 32.6 Å². The number of rotatable bonds is 6. The van der Waals surface area contributed by atoms with E-state index < -0.39 is 22.1 Å². The summed E-state index contributed by atoms with van der Waals surface area (Å²) in [6.07, 6.45) is -3.04. The van der Waals surface area contributed by atoms with Gasteiger partial charge in [-0.3, -0.25) is 4.99 Å². The van der Waals surface area contributed by atoms with Crippen LogP contribution in [0.2, 0.25) is 0 Å². The second-order valence-corrected chi connectivity index (χ2v) is 10.1. The van der Waals surface area contributed by atoms with Gasteiger partial charge in [-0.2, -0.15) is 24.9 Å². The summed E-state index contributed by atoms with van der Waals surface area (Å²) in [6.45, 7) is 3.69. The summed E-state index contributed by atoms with van der Waals surface area (Å²) >= 11 is 1.75. The van der Waals surface area contributed by atoms with E-state index >= 15 is 0 Å². The molecule has 27 heavy (non-hydrogen) atoms. The van der Waals surface area contributed by atoms with Gasteiger partial charge in [0.2, 0.25) is 10.0 Å². The van der Waals surface area contributed by atoms with Gasteiger partial charge in [-0.25, -0.2) is 12.7 Å². The van der Waals surface area contributed by atoms with Gasteiger partial charge in [-0.05, 0) is 32.6 Å². The second-order valence-electron chi connectivity index (χ2n) is 6.82. The van der Waals surface area contributed by atoms with Gasteiger partial charge >= 0.3 is 6.18 Å². The lowest BCUT2D eigenvalue weighted by Crippen LogP contribution is -2.46. The van der Waals surface area contributed by atoms with Gasteiger partial charge in [0, 0.05) is 37.2 Å². The fourth-order valence-electron chi connectivity index (χ4n) is 3.31. The SMILES string of the molecule is CCNC(=NCCS(=O)(=O)N1CCSCC1)NC1CCC(C(F)(F)F)CC1. The van der Waals surface area contributed by atoms with Crippen molar-refractivity contribution < 1.29 is 21.6 Å². The highest BCUT2D eigenvalue weighted by atomic mass is 32.2. The Morgan fingerprint density at radius 2 is 1.81 bits per heavy atom. The Bertz CT molecular complexity index is 585. The Kier molecular flexibility index (Phi) is 8.54. The van der Waals surface area contributed by atoms with Gasteiger partial charge in [0.05, 0.1) is 18.2 Å². The molecule has 2 aliphatic rings. The summed E-state index contributed by atoms with van der Waals surface area (Å²) in [7, 11) is -3.32. The van der Waals surface area contributed by atoms with Crippen LogP contribution in [0, 0.1) is 5.92 Å². The first kappa shape index (κ1) is 22.6. The lowest BCUT2D eigenvalue weighted by Gasteiger charge is -2.31. The minimum Gasteiger partial charge on any atom is -0.357 e. The van der Waals surface area contributed by atoms with Gasteiger partial charge in [0.1, 0.15) is 0 Å². The Balaban J connectivity index is 1.83. The number of guanidine groups is 1. The van der Waals surface area contributed by atoms with E-state index in [-0.39, 0.29) is 31.2 Å². The van der Waals surface area contributed by atoms with Crippen molar-refractivity contribution in [1.29, 1.82) is 0 Å². The van der Waals surface area contributed by atoms with Crippen LogP contribution in [-0.2, 0) is 10.0 Å². The van der Waals surface area contributed by atoms with Crippen LogP contribution in [0.15, 0.2) is 4.99 Å². The van der Waals surface area contributed by atoms with E-state index in [2.05, 4.69) is 15.6 Å². The van der Waals surface area contributed by atoms with Gasteiger partial charge in [-0.15, -0.1) is 0 Å². The molecule has 0 amide bonds. The fraction of sp³-hybridized carbons (Fsp3) is 0.938. The summed E-state index contributed by atoms with van der Waals surface area (Å²) < 4.78 is 64.5. The quantitative estimate of drug-likeness (QED) is 0.498. The number of nitrogens with zero attached hydrogens (tertiary/aromatic N) is 2. The van der Waals surface area contributed by atoms with Crippen molar-refractivity contribution in [1.82, 2.24) is 14.9 Å². The van der Waals surface area contributed by atoms with Gasteiger partial charge in [-0.1, -0.05) is 0 Å². The number of thioether (sulfide) groups is 1. The molecular weight excluding hydrogens is 401 g/mol. The van der Waals surface area contributed by atoms with Crippen LogP contribution in [-0.4, -0.2) is 74.3 Å². The lowest BCUT2D eigenvalue weighted by atomic mass is 9.85. The Labute approximate surface area is 163 Å². The van der Waals surface area contributed by atoms with Crippen LogP contribution >= 0.6 is 11.8 Å². The molecule has 6 nitrogen and oxygen atoms in total. The summed E-state index contributed by atoms with van der Waals surface area (Å²) in [5.41, 5.74) is 0. The molecule has 1 saturated heterocycles. The number of aliphatic imine (C=N–C) groups is 1. The number of hydrogen-bond acceptors (Lipinski definition) is 4. The normalized spacial score (nSPS) is 26.0. The average molecular weight is 431 g/mol. The highest BCUT2D eigenvalue weighted by molar-refractivity contribution is 7.99. The fourth-order valence-corrected chi connectivity index (χ4v) is 5.76. The third kappa shape index (κ3) is 7.34. The van der Waals surface area contributed by atoms with Crippen molar-refractivity contribution in [3.05, 3.63) is 0 Å². The smallest absolute Gasteiger partial charge is 0.357 e. The molecule has 1 aliphatic heterocycles. The predicted octanol–water partition coefficient (Wildman–Crippen LogP) is 2.04. The molecule has 0 aromatic rings. The predicted molar refractivity (Wildman–Crippen MR) is 104 cm³/mol. The average Bonchev–Trinajstić information content (AvgIpc) is 2.62. The molecule has 0 aromatic carbocycles. The maximum atomic E-state index is 12.8. The highest BCUT2D eigenvalue weighted by Crippen LogP contribution is 2.37. The maximum Gasteiger partial charge on any atom is 0.391 e. The van der Waals surface area contributed by atoms with Crippen LogP contribution in [0.4, 0.5) is 13.2 Å². The van der Waals surface area contributed by atoms with Gasteiger partial charge < -0.3 is 10.6 Å². The molecule has 2 rings (SSSR count). The zero-order chi connectivity index (χ0) is 19.9. The Hall–Kier alpha value is -0.680. The minimum absolute atomic E-state index is 0.0605. The van der Waals surface area contributed by atoms with Crippen molar-refractivity contribution in [2.24, 2.45) is 10.9 Å². The molecule has 11 heteroatoms. The van der Waals surface area contributed by atoms with Crippen LogP contribution in [0.25, 0.3) is 0 Å². The zero-order valence-electron chi connectivity index (χ0n) is 15.6.